The number of hydrogen-bond donors (Lipinski definition) is 1. The van der Waals surface area contributed by atoms with E-state index in [2.05, 4.69) is 9.72 Å². The van der Waals surface area contributed by atoms with Crippen molar-refractivity contribution in [2.24, 2.45) is 0 Å². The molecule has 1 aromatic heterocycles. The fourth-order valence-corrected chi connectivity index (χ4v) is 2.53. The van der Waals surface area contributed by atoms with E-state index >= 15 is 0 Å². The second-order valence-corrected chi connectivity index (χ2v) is 5.17. The molecule has 2 aromatic rings. The van der Waals surface area contributed by atoms with Crippen molar-refractivity contribution in [3.05, 3.63) is 58.0 Å². The second kappa shape index (κ2) is 5.49. The molecule has 0 atom stereocenters. The molecule has 5 nitrogen and oxygen atoms in total. The molecule has 2 heterocycles. The Hall–Kier alpha value is -2.70. The van der Waals surface area contributed by atoms with Crippen molar-refractivity contribution in [2.45, 2.75) is 26.0 Å². The molecule has 23 heavy (non-hydrogen) atoms. The molecule has 0 saturated carbocycles. The highest BCUT2D eigenvalue weighted by molar-refractivity contribution is 6.01. The zero-order valence-corrected chi connectivity index (χ0v) is 12.3. The lowest BCUT2D eigenvalue weighted by molar-refractivity contribution is -0.193. The normalized spacial score (nSPS) is 16.0. The van der Waals surface area contributed by atoms with E-state index in [-0.39, 0.29) is 23.5 Å². The lowest BCUT2D eigenvalue weighted by Gasteiger charge is -2.34. The van der Waals surface area contributed by atoms with Crippen molar-refractivity contribution in [3.63, 3.8) is 0 Å². The first-order valence-corrected chi connectivity index (χ1v) is 7.11. The first-order valence-electron chi connectivity index (χ1n) is 7.11. The number of hydrogen-bond acceptors (Lipinski definition) is 3. The standard InChI is InChI=1S/C16H14F2N2O3/c1-2-10-5-3-7-12-14(10)23-16(17,18)15(22)20(12)9-11-6-4-8-13(21)19-11/h3-8H,2,9H2,1H3,(H,19,21). The van der Waals surface area contributed by atoms with Crippen molar-refractivity contribution in [3.8, 4) is 5.75 Å². The highest BCUT2D eigenvalue weighted by Gasteiger charge is 2.51. The fourth-order valence-electron chi connectivity index (χ4n) is 2.53. The maximum Gasteiger partial charge on any atom is 0.483 e. The third-order valence-electron chi connectivity index (χ3n) is 3.63. The number of aromatic amines is 1. The van der Waals surface area contributed by atoms with Gasteiger partial charge in [0.2, 0.25) is 5.56 Å². The van der Waals surface area contributed by atoms with Gasteiger partial charge in [-0.3, -0.25) is 14.5 Å². The Bertz CT molecular complexity index is 817. The number of carbonyl (C=O) groups excluding carboxylic acids is 1. The van der Waals surface area contributed by atoms with Crippen molar-refractivity contribution in [1.82, 2.24) is 4.98 Å². The van der Waals surface area contributed by atoms with Crippen molar-refractivity contribution >= 4 is 11.6 Å². The van der Waals surface area contributed by atoms with Gasteiger partial charge in [0.15, 0.2) is 5.75 Å². The maximum atomic E-state index is 13.9. The van der Waals surface area contributed by atoms with Crippen LogP contribution in [0.5, 0.6) is 5.75 Å². The predicted octanol–water partition coefficient (Wildman–Crippen LogP) is 2.46. The van der Waals surface area contributed by atoms with E-state index in [1.165, 1.54) is 12.1 Å². The van der Waals surface area contributed by atoms with Crippen LogP contribution in [0.4, 0.5) is 14.5 Å². The van der Waals surface area contributed by atoms with E-state index in [9.17, 15) is 18.4 Å². The third kappa shape index (κ3) is 2.69. The van der Waals surface area contributed by atoms with Gasteiger partial charge in [0.25, 0.3) is 0 Å². The quantitative estimate of drug-likeness (QED) is 0.945. The zero-order chi connectivity index (χ0) is 16.6. The molecule has 0 aliphatic carbocycles. The van der Waals surface area contributed by atoms with Crippen LogP contribution in [-0.2, 0) is 17.8 Å². The van der Waals surface area contributed by atoms with E-state index in [0.717, 1.165) is 4.90 Å². The molecule has 1 aliphatic rings. The SMILES string of the molecule is CCc1cccc2c1OC(F)(F)C(=O)N2Cc1cccc(=O)[nH]1. The molecular formula is C16H14F2N2O3. The molecule has 7 heteroatoms. The van der Waals surface area contributed by atoms with Gasteiger partial charge in [-0.25, -0.2) is 0 Å². The number of halogens is 2. The highest BCUT2D eigenvalue weighted by atomic mass is 19.3. The van der Waals surface area contributed by atoms with Crippen LogP contribution in [0.25, 0.3) is 0 Å². The van der Waals surface area contributed by atoms with Gasteiger partial charge in [0.05, 0.1) is 12.2 Å². The number of carbonyl (C=O) groups is 1. The topological polar surface area (TPSA) is 62.4 Å². The largest absolute Gasteiger partial charge is 0.483 e. The van der Waals surface area contributed by atoms with Gasteiger partial charge in [-0.05, 0) is 24.1 Å². The minimum absolute atomic E-state index is 0.00196. The number of amides is 1. The lowest BCUT2D eigenvalue weighted by atomic mass is 10.1. The number of para-hydroxylation sites is 1. The summed E-state index contributed by atoms with van der Waals surface area (Å²) in [6, 6.07) is 9.27. The minimum Gasteiger partial charge on any atom is -0.423 e. The summed E-state index contributed by atoms with van der Waals surface area (Å²) in [5.41, 5.74) is 0.847. The fraction of sp³-hybridized carbons (Fsp3) is 0.250. The van der Waals surface area contributed by atoms with Crippen LogP contribution in [0.1, 0.15) is 18.2 Å². The molecule has 1 aromatic carbocycles. The smallest absolute Gasteiger partial charge is 0.423 e. The highest BCUT2D eigenvalue weighted by Crippen LogP contribution is 2.42. The molecule has 0 fully saturated rings. The van der Waals surface area contributed by atoms with E-state index in [1.54, 1.807) is 24.3 Å². The number of H-pyrrole nitrogens is 1. The van der Waals surface area contributed by atoms with Gasteiger partial charge in [-0.2, -0.15) is 8.78 Å². The molecule has 0 unspecified atom stereocenters. The van der Waals surface area contributed by atoms with E-state index in [4.69, 9.17) is 0 Å². The van der Waals surface area contributed by atoms with Gasteiger partial charge >= 0.3 is 12.0 Å². The third-order valence-corrected chi connectivity index (χ3v) is 3.63. The number of nitrogens with zero attached hydrogens (tertiary/aromatic N) is 1. The summed E-state index contributed by atoms with van der Waals surface area (Å²) in [5.74, 6) is -1.46. The Morgan fingerprint density at radius 1 is 1.17 bits per heavy atom. The average Bonchev–Trinajstić information content (AvgIpc) is 2.51. The average molecular weight is 320 g/mol. The Morgan fingerprint density at radius 2 is 1.91 bits per heavy atom. The van der Waals surface area contributed by atoms with Gasteiger partial charge in [-0.1, -0.05) is 25.1 Å². The van der Waals surface area contributed by atoms with Crippen LogP contribution in [0.3, 0.4) is 0 Å². The lowest BCUT2D eigenvalue weighted by Crippen LogP contribution is -2.50. The number of benzene rings is 1. The molecule has 0 spiro atoms. The monoisotopic (exact) mass is 320 g/mol. The number of pyridine rings is 1. The molecule has 120 valence electrons. The van der Waals surface area contributed by atoms with Crippen molar-refractivity contribution in [2.75, 3.05) is 4.90 Å². The maximum absolute atomic E-state index is 13.9. The molecule has 0 bridgehead atoms. The van der Waals surface area contributed by atoms with Crippen molar-refractivity contribution in [1.29, 1.82) is 0 Å². The summed E-state index contributed by atoms with van der Waals surface area (Å²) in [4.78, 5) is 26.9. The number of anilines is 1. The molecule has 1 aliphatic heterocycles. The predicted molar refractivity (Wildman–Crippen MR) is 79.6 cm³/mol. The zero-order valence-electron chi connectivity index (χ0n) is 12.3. The molecule has 1 amide bonds. The molecule has 3 rings (SSSR count). The van der Waals surface area contributed by atoms with Crippen LogP contribution in [0.2, 0.25) is 0 Å². The number of aryl methyl sites for hydroxylation is 1. The Labute approximate surface area is 130 Å². The van der Waals surface area contributed by atoms with Crippen molar-refractivity contribution < 1.29 is 18.3 Å². The number of aromatic nitrogens is 1. The number of nitrogens with one attached hydrogen (secondary N) is 1. The number of alkyl halides is 2. The van der Waals surface area contributed by atoms with Crippen LogP contribution < -0.4 is 15.2 Å². The molecule has 0 radical (unpaired) electrons. The Balaban J connectivity index is 2.08. The number of ether oxygens (including phenoxy) is 1. The molecule has 0 saturated heterocycles. The van der Waals surface area contributed by atoms with Gasteiger partial charge < -0.3 is 9.72 Å². The Kier molecular flexibility index (Phi) is 3.63. The summed E-state index contributed by atoms with van der Waals surface area (Å²) in [6.07, 6.45) is -3.45. The van der Waals surface area contributed by atoms with Gasteiger partial charge in [-0.15, -0.1) is 0 Å². The van der Waals surface area contributed by atoms with Gasteiger partial charge in [0, 0.05) is 11.8 Å². The summed E-state index contributed by atoms with van der Waals surface area (Å²) < 4.78 is 32.5. The number of rotatable bonds is 3. The summed E-state index contributed by atoms with van der Waals surface area (Å²) in [5, 5.41) is 0. The van der Waals surface area contributed by atoms with Crippen LogP contribution in [-0.4, -0.2) is 17.0 Å². The molecule has 1 N–H and O–H groups in total. The summed E-state index contributed by atoms with van der Waals surface area (Å²) in [6.45, 7) is 1.64. The first kappa shape index (κ1) is 15.2. The summed E-state index contributed by atoms with van der Waals surface area (Å²) >= 11 is 0. The minimum atomic E-state index is -3.94. The second-order valence-electron chi connectivity index (χ2n) is 5.17. The van der Waals surface area contributed by atoms with Gasteiger partial charge in [0.1, 0.15) is 0 Å². The molecular weight excluding hydrogens is 306 g/mol. The van der Waals surface area contributed by atoms with E-state index in [1.807, 2.05) is 6.92 Å². The van der Waals surface area contributed by atoms with Crippen LogP contribution in [0.15, 0.2) is 41.2 Å². The summed E-state index contributed by atoms with van der Waals surface area (Å²) in [7, 11) is 0. The number of fused-ring (bicyclic) bond motifs is 1. The Morgan fingerprint density at radius 3 is 2.61 bits per heavy atom. The first-order chi connectivity index (χ1) is 10.9. The van der Waals surface area contributed by atoms with E-state index < -0.39 is 12.0 Å². The van der Waals surface area contributed by atoms with E-state index in [0.29, 0.717) is 17.7 Å². The van der Waals surface area contributed by atoms with Crippen LogP contribution >= 0.6 is 0 Å². The van der Waals surface area contributed by atoms with Crippen LogP contribution in [0, 0.1) is 0 Å².